The van der Waals surface area contributed by atoms with Gasteiger partial charge in [0.15, 0.2) is 0 Å². The normalized spacial score (nSPS) is 13.7. The van der Waals surface area contributed by atoms with Gasteiger partial charge in [0.1, 0.15) is 0 Å². The molecule has 0 fully saturated rings. The van der Waals surface area contributed by atoms with Crippen LogP contribution in [0.5, 0.6) is 0 Å². The monoisotopic (exact) mass is 203 g/mol. The van der Waals surface area contributed by atoms with Crippen molar-refractivity contribution in [2.45, 2.75) is 6.42 Å². The summed E-state index contributed by atoms with van der Waals surface area (Å²) in [4.78, 5) is 10.9. The fourth-order valence-electron chi connectivity index (χ4n) is 1.66. The third-order valence-corrected chi connectivity index (χ3v) is 2.45. The number of ether oxygens (including phenoxy) is 1. The molecule has 1 heterocycles. The van der Waals surface area contributed by atoms with Gasteiger partial charge in [-0.3, -0.25) is 0 Å². The number of methoxy groups -OCH3 is 1. The van der Waals surface area contributed by atoms with Crippen LogP contribution in [0.4, 0.5) is 5.69 Å². The van der Waals surface area contributed by atoms with Crippen molar-refractivity contribution in [1.29, 1.82) is 0 Å². The molecule has 0 amide bonds. The first-order valence-corrected chi connectivity index (χ1v) is 4.92. The molecule has 15 heavy (non-hydrogen) atoms. The van der Waals surface area contributed by atoms with E-state index in [1.54, 1.807) is 6.08 Å². The van der Waals surface area contributed by atoms with Crippen LogP contribution in [-0.2, 0) is 16.0 Å². The third kappa shape index (κ3) is 2.18. The zero-order chi connectivity index (χ0) is 10.7. The van der Waals surface area contributed by atoms with Gasteiger partial charge >= 0.3 is 5.97 Å². The fourth-order valence-corrected chi connectivity index (χ4v) is 1.66. The first kappa shape index (κ1) is 9.77. The molecule has 0 unspecified atom stereocenters. The van der Waals surface area contributed by atoms with Crippen LogP contribution in [-0.4, -0.2) is 19.6 Å². The first-order valence-electron chi connectivity index (χ1n) is 4.92. The van der Waals surface area contributed by atoms with E-state index in [1.807, 2.05) is 12.1 Å². The fraction of sp³-hybridized carbons (Fsp3) is 0.250. The summed E-state index contributed by atoms with van der Waals surface area (Å²) in [5, 5.41) is 3.29. The second-order valence-corrected chi connectivity index (χ2v) is 3.45. The van der Waals surface area contributed by atoms with Crippen LogP contribution in [0.2, 0.25) is 0 Å². The number of anilines is 1. The Hall–Kier alpha value is -1.77. The molecule has 2 rings (SSSR count). The zero-order valence-electron chi connectivity index (χ0n) is 8.62. The molecule has 0 saturated carbocycles. The second kappa shape index (κ2) is 4.17. The maximum Gasteiger partial charge on any atom is 0.330 e. The smallest absolute Gasteiger partial charge is 0.330 e. The van der Waals surface area contributed by atoms with Gasteiger partial charge in [-0.25, -0.2) is 4.79 Å². The molecule has 0 radical (unpaired) electrons. The summed E-state index contributed by atoms with van der Waals surface area (Å²) in [6.45, 7) is 1.000. The van der Waals surface area contributed by atoms with E-state index in [2.05, 4.69) is 16.1 Å². The minimum absolute atomic E-state index is 0.325. The number of rotatable bonds is 2. The highest BCUT2D eigenvalue weighted by molar-refractivity contribution is 5.87. The average molecular weight is 203 g/mol. The largest absolute Gasteiger partial charge is 0.466 e. The van der Waals surface area contributed by atoms with E-state index in [9.17, 15) is 4.79 Å². The zero-order valence-corrected chi connectivity index (χ0v) is 8.62. The highest BCUT2D eigenvalue weighted by atomic mass is 16.5. The molecular formula is C12H13NO2. The van der Waals surface area contributed by atoms with Crippen LogP contribution < -0.4 is 5.32 Å². The van der Waals surface area contributed by atoms with Gasteiger partial charge in [-0.15, -0.1) is 0 Å². The van der Waals surface area contributed by atoms with Gasteiger partial charge in [0.05, 0.1) is 7.11 Å². The Morgan fingerprint density at radius 1 is 1.53 bits per heavy atom. The van der Waals surface area contributed by atoms with E-state index in [-0.39, 0.29) is 5.97 Å². The van der Waals surface area contributed by atoms with Crippen LogP contribution in [0.25, 0.3) is 6.08 Å². The lowest BCUT2D eigenvalue weighted by atomic mass is 10.1. The standard InChI is InChI=1S/C12H13NO2/c1-15-12(14)5-3-9-2-4-11-10(8-9)6-7-13-11/h2-5,8,13H,6-7H2,1H3. The van der Waals surface area contributed by atoms with Gasteiger partial charge < -0.3 is 10.1 Å². The number of carbonyl (C=O) groups excluding carboxylic acids is 1. The van der Waals surface area contributed by atoms with Crippen molar-refractivity contribution in [2.24, 2.45) is 0 Å². The molecule has 3 nitrogen and oxygen atoms in total. The predicted molar refractivity (Wildman–Crippen MR) is 59.7 cm³/mol. The number of nitrogens with one attached hydrogen (secondary N) is 1. The molecule has 0 saturated heterocycles. The van der Waals surface area contributed by atoms with Crippen molar-refractivity contribution in [3.8, 4) is 0 Å². The summed E-state index contributed by atoms with van der Waals surface area (Å²) in [6.07, 6.45) is 4.25. The van der Waals surface area contributed by atoms with Crippen LogP contribution in [0.15, 0.2) is 24.3 Å². The third-order valence-electron chi connectivity index (χ3n) is 2.45. The molecule has 0 aliphatic carbocycles. The highest BCUT2D eigenvalue weighted by Gasteiger charge is 2.08. The first-order chi connectivity index (χ1) is 7.29. The Morgan fingerprint density at radius 3 is 3.20 bits per heavy atom. The van der Waals surface area contributed by atoms with E-state index in [1.165, 1.54) is 24.4 Å². The molecule has 1 N–H and O–H groups in total. The molecule has 0 aromatic heterocycles. The van der Waals surface area contributed by atoms with Crippen molar-refractivity contribution in [2.75, 3.05) is 19.0 Å². The Labute approximate surface area is 88.8 Å². The molecule has 1 aromatic rings. The number of fused-ring (bicyclic) bond motifs is 1. The topological polar surface area (TPSA) is 38.3 Å². The molecule has 1 aliphatic rings. The Morgan fingerprint density at radius 2 is 2.40 bits per heavy atom. The summed E-state index contributed by atoms with van der Waals surface area (Å²) >= 11 is 0. The predicted octanol–water partition coefficient (Wildman–Crippen LogP) is 1.84. The van der Waals surface area contributed by atoms with Crippen molar-refractivity contribution < 1.29 is 9.53 Å². The number of hydrogen-bond donors (Lipinski definition) is 1. The van der Waals surface area contributed by atoms with Crippen LogP contribution in [0.1, 0.15) is 11.1 Å². The molecule has 1 aliphatic heterocycles. The SMILES string of the molecule is COC(=O)C=Cc1ccc2c(c1)CCN2. The van der Waals surface area contributed by atoms with Gasteiger partial charge in [0, 0.05) is 18.3 Å². The molecule has 0 bridgehead atoms. The summed E-state index contributed by atoms with van der Waals surface area (Å²) in [5.41, 5.74) is 3.54. The lowest BCUT2D eigenvalue weighted by Crippen LogP contribution is -1.93. The molecule has 1 aromatic carbocycles. The summed E-state index contributed by atoms with van der Waals surface area (Å²) in [5.74, 6) is -0.325. The van der Waals surface area contributed by atoms with E-state index in [0.29, 0.717) is 0 Å². The lowest BCUT2D eigenvalue weighted by Gasteiger charge is -2.00. The van der Waals surface area contributed by atoms with Gasteiger partial charge in [0.2, 0.25) is 0 Å². The summed E-state index contributed by atoms with van der Waals surface area (Å²) in [6, 6.07) is 6.12. The van der Waals surface area contributed by atoms with Crippen molar-refractivity contribution in [3.63, 3.8) is 0 Å². The number of esters is 1. The maximum absolute atomic E-state index is 10.9. The minimum Gasteiger partial charge on any atom is -0.466 e. The molecule has 0 atom stereocenters. The van der Waals surface area contributed by atoms with E-state index in [0.717, 1.165) is 18.5 Å². The second-order valence-electron chi connectivity index (χ2n) is 3.45. The Kier molecular flexibility index (Phi) is 2.72. The summed E-state index contributed by atoms with van der Waals surface area (Å²) in [7, 11) is 1.37. The minimum atomic E-state index is -0.325. The number of benzene rings is 1. The van der Waals surface area contributed by atoms with Crippen LogP contribution >= 0.6 is 0 Å². The van der Waals surface area contributed by atoms with Gasteiger partial charge in [-0.2, -0.15) is 0 Å². The van der Waals surface area contributed by atoms with E-state index < -0.39 is 0 Å². The van der Waals surface area contributed by atoms with Crippen LogP contribution in [0, 0.1) is 0 Å². The van der Waals surface area contributed by atoms with Gasteiger partial charge in [-0.05, 0) is 35.8 Å². The highest BCUT2D eigenvalue weighted by Crippen LogP contribution is 2.23. The Bertz CT molecular complexity index is 410. The molecule has 3 heteroatoms. The van der Waals surface area contributed by atoms with Gasteiger partial charge in [-0.1, -0.05) is 6.07 Å². The maximum atomic E-state index is 10.9. The number of carbonyl (C=O) groups is 1. The molecule has 78 valence electrons. The van der Waals surface area contributed by atoms with Crippen molar-refractivity contribution in [3.05, 3.63) is 35.4 Å². The van der Waals surface area contributed by atoms with E-state index in [4.69, 9.17) is 0 Å². The quantitative estimate of drug-likeness (QED) is 0.588. The van der Waals surface area contributed by atoms with Crippen molar-refractivity contribution in [1.82, 2.24) is 0 Å². The van der Waals surface area contributed by atoms with Crippen LogP contribution in [0.3, 0.4) is 0 Å². The number of hydrogen-bond acceptors (Lipinski definition) is 3. The van der Waals surface area contributed by atoms with Gasteiger partial charge in [0.25, 0.3) is 0 Å². The lowest BCUT2D eigenvalue weighted by molar-refractivity contribution is -0.134. The molecular weight excluding hydrogens is 190 g/mol. The van der Waals surface area contributed by atoms with Crippen molar-refractivity contribution >= 4 is 17.7 Å². The Balaban J connectivity index is 2.16. The average Bonchev–Trinajstić information content (AvgIpc) is 2.72. The summed E-state index contributed by atoms with van der Waals surface area (Å²) < 4.78 is 4.53. The molecule has 0 spiro atoms. The van der Waals surface area contributed by atoms with E-state index >= 15 is 0 Å².